The zero-order valence-corrected chi connectivity index (χ0v) is 19.2. The summed E-state index contributed by atoms with van der Waals surface area (Å²) >= 11 is 0. The van der Waals surface area contributed by atoms with Gasteiger partial charge in [-0.15, -0.1) is 0 Å². The van der Waals surface area contributed by atoms with Crippen LogP contribution in [0.3, 0.4) is 0 Å². The Morgan fingerprint density at radius 1 is 1.09 bits per heavy atom. The zero-order chi connectivity index (χ0) is 22.3. The molecule has 3 fully saturated rings. The van der Waals surface area contributed by atoms with Crippen LogP contribution in [0.4, 0.5) is 0 Å². The lowest BCUT2D eigenvalue weighted by atomic mass is 9.72. The molecule has 5 heteroatoms. The Kier molecular flexibility index (Phi) is 5.31. The number of benzene rings is 1. The average Bonchev–Trinajstić information content (AvgIpc) is 3.56. The van der Waals surface area contributed by atoms with Crippen LogP contribution in [0.15, 0.2) is 48.8 Å². The van der Waals surface area contributed by atoms with Gasteiger partial charge in [0.15, 0.2) is 0 Å². The van der Waals surface area contributed by atoms with Crippen LogP contribution >= 0.6 is 0 Å². The highest BCUT2D eigenvalue weighted by atomic mass is 16.2. The van der Waals surface area contributed by atoms with Crippen LogP contribution in [0, 0.1) is 16.7 Å². The van der Waals surface area contributed by atoms with Crippen molar-refractivity contribution in [3.05, 3.63) is 54.4 Å². The van der Waals surface area contributed by atoms with Crippen molar-refractivity contribution in [2.45, 2.75) is 44.9 Å². The molecule has 1 aromatic carbocycles. The summed E-state index contributed by atoms with van der Waals surface area (Å²) in [5.74, 6) is 0.621. The molecule has 0 N–H and O–H groups in total. The maximum absolute atomic E-state index is 13.6. The largest absolute Gasteiger partial charge is 0.348 e. The third kappa shape index (κ3) is 3.62. The van der Waals surface area contributed by atoms with Crippen molar-refractivity contribution in [2.75, 3.05) is 27.2 Å². The summed E-state index contributed by atoms with van der Waals surface area (Å²) in [7, 11) is 3.67. The minimum Gasteiger partial charge on any atom is -0.348 e. The lowest BCUT2D eigenvalue weighted by Gasteiger charge is -2.44. The molecule has 0 unspecified atom stereocenters. The Hall–Kier alpha value is -2.69. The van der Waals surface area contributed by atoms with Crippen molar-refractivity contribution in [3.63, 3.8) is 0 Å². The Morgan fingerprint density at radius 3 is 2.56 bits per heavy atom. The summed E-state index contributed by atoms with van der Waals surface area (Å²) in [6, 6.07) is 12.3. The summed E-state index contributed by atoms with van der Waals surface area (Å²) in [6.45, 7) is 1.30. The van der Waals surface area contributed by atoms with Gasteiger partial charge in [0.1, 0.15) is 0 Å². The summed E-state index contributed by atoms with van der Waals surface area (Å²) < 4.78 is 0. The molecule has 2 aliphatic carbocycles. The zero-order valence-electron chi connectivity index (χ0n) is 19.2. The van der Waals surface area contributed by atoms with Crippen LogP contribution < -0.4 is 0 Å². The van der Waals surface area contributed by atoms with Crippen molar-refractivity contribution >= 4 is 11.8 Å². The minimum atomic E-state index is -0.586. The van der Waals surface area contributed by atoms with Gasteiger partial charge in [0.25, 0.3) is 0 Å². The molecule has 168 valence electrons. The molecular weight excluding hydrogens is 398 g/mol. The molecule has 2 aromatic rings. The fourth-order valence-electron chi connectivity index (χ4n) is 6.13. The molecule has 32 heavy (non-hydrogen) atoms. The SMILES string of the molecule is CN(C)C(=O)[C@]1(Cc2ccccc2-c2cccnc2)CCCN(C(=O)[C@H]2CC23CCC3)C1. The number of pyridine rings is 1. The molecule has 0 radical (unpaired) electrons. The molecular formula is C27H33N3O2. The van der Waals surface area contributed by atoms with Crippen LogP contribution in [0.5, 0.6) is 0 Å². The van der Waals surface area contributed by atoms with E-state index in [0.29, 0.717) is 24.3 Å². The minimum absolute atomic E-state index is 0.130. The molecule has 1 saturated heterocycles. The monoisotopic (exact) mass is 431 g/mol. The van der Waals surface area contributed by atoms with Gasteiger partial charge in [0.05, 0.1) is 5.41 Å². The van der Waals surface area contributed by atoms with Crippen LogP contribution in [-0.2, 0) is 16.0 Å². The number of hydrogen-bond acceptors (Lipinski definition) is 3. The van der Waals surface area contributed by atoms with Gasteiger partial charge in [-0.05, 0) is 61.1 Å². The van der Waals surface area contributed by atoms with Gasteiger partial charge < -0.3 is 9.80 Å². The molecule has 1 aliphatic heterocycles. The molecule has 2 atom stereocenters. The third-order valence-corrected chi connectivity index (χ3v) is 8.10. The number of carbonyl (C=O) groups is 2. The molecule has 5 rings (SSSR count). The first kappa shape index (κ1) is 21.2. The molecule has 2 saturated carbocycles. The highest BCUT2D eigenvalue weighted by molar-refractivity contribution is 5.87. The second-order valence-corrected chi connectivity index (χ2v) is 10.4. The molecule has 5 nitrogen and oxygen atoms in total. The normalized spacial score (nSPS) is 25.8. The molecule has 3 aliphatic rings. The lowest BCUT2D eigenvalue weighted by Crippen LogP contribution is -2.54. The maximum Gasteiger partial charge on any atom is 0.230 e. The van der Waals surface area contributed by atoms with Gasteiger partial charge in [0.2, 0.25) is 11.8 Å². The number of piperidine rings is 1. The van der Waals surface area contributed by atoms with E-state index in [1.807, 2.05) is 43.4 Å². The summed E-state index contributed by atoms with van der Waals surface area (Å²) in [5.41, 5.74) is 3.05. The van der Waals surface area contributed by atoms with E-state index < -0.39 is 5.41 Å². The van der Waals surface area contributed by atoms with Crippen molar-refractivity contribution in [1.82, 2.24) is 14.8 Å². The van der Waals surface area contributed by atoms with Crippen LogP contribution in [0.25, 0.3) is 11.1 Å². The standard InChI is InChI=1S/C27H33N3O2/c1-29(2)25(32)27(16-20-8-3-4-10-22(20)21-9-5-14-28-18-21)13-7-15-30(19-27)24(31)23-17-26(23)11-6-12-26/h3-5,8-10,14,18,23H,6-7,11-13,15-17,19H2,1-2H3/t23-,27+/m1/s1. The quantitative estimate of drug-likeness (QED) is 0.714. The smallest absolute Gasteiger partial charge is 0.230 e. The van der Waals surface area contributed by atoms with Crippen LogP contribution in [-0.4, -0.2) is 53.8 Å². The van der Waals surface area contributed by atoms with Crippen LogP contribution in [0.2, 0.25) is 0 Å². The number of amides is 2. The van der Waals surface area contributed by atoms with Gasteiger partial charge >= 0.3 is 0 Å². The lowest BCUT2D eigenvalue weighted by molar-refractivity contribution is -0.148. The number of aromatic nitrogens is 1. The van der Waals surface area contributed by atoms with Crippen molar-refractivity contribution < 1.29 is 9.59 Å². The number of nitrogens with zero attached hydrogens (tertiary/aromatic N) is 3. The van der Waals surface area contributed by atoms with Gasteiger partial charge in [0, 0.05) is 51.1 Å². The fraction of sp³-hybridized carbons (Fsp3) is 0.519. The molecule has 1 aromatic heterocycles. The Balaban J connectivity index is 1.44. The number of carbonyl (C=O) groups excluding carboxylic acids is 2. The number of likely N-dealkylation sites (tertiary alicyclic amines) is 1. The van der Waals surface area contributed by atoms with Crippen molar-refractivity contribution in [2.24, 2.45) is 16.7 Å². The Labute approximate surface area is 190 Å². The van der Waals surface area contributed by atoms with Crippen LogP contribution in [0.1, 0.15) is 44.1 Å². The second kappa shape index (κ2) is 8.02. The van der Waals surface area contributed by atoms with E-state index in [0.717, 1.165) is 42.5 Å². The number of rotatable bonds is 5. The molecule has 2 amide bonds. The molecule has 1 spiro atoms. The van der Waals surface area contributed by atoms with Crippen molar-refractivity contribution in [1.29, 1.82) is 0 Å². The highest BCUT2D eigenvalue weighted by Gasteiger charge is 2.62. The maximum atomic E-state index is 13.6. The Morgan fingerprint density at radius 2 is 1.91 bits per heavy atom. The first-order valence-electron chi connectivity index (χ1n) is 11.9. The van der Waals surface area contributed by atoms with E-state index in [-0.39, 0.29) is 11.8 Å². The predicted octanol–water partition coefficient (Wildman–Crippen LogP) is 4.18. The summed E-state index contributed by atoms with van der Waals surface area (Å²) in [5, 5.41) is 0. The van der Waals surface area contributed by atoms with E-state index in [9.17, 15) is 9.59 Å². The third-order valence-electron chi connectivity index (χ3n) is 8.10. The van der Waals surface area contributed by atoms with Crippen molar-refractivity contribution in [3.8, 4) is 11.1 Å². The van der Waals surface area contributed by atoms with E-state index in [1.165, 1.54) is 19.3 Å². The van der Waals surface area contributed by atoms with E-state index in [1.54, 1.807) is 11.1 Å². The second-order valence-electron chi connectivity index (χ2n) is 10.4. The molecule has 0 bridgehead atoms. The van der Waals surface area contributed by atoms with E-state index >= 15 is 0 Å². The highest BCUT2D eigenvalue weighted by Crippen LogP contribution is 2.66. The van der Waals surface area contributed by atoms with Gasteiger partial charge in [-0.25, -0.2) is 0 Å². The van der Waals surface area contributed by atoms with Gasteiger partial charge in [-0.1, -0.05) is 36.8 Å². The summed E-state index contributed by atoms with van der Waals surface area (Å²) in [4.78, 5) is 35.0. The molecule has 2 heterocycles. The van der Waals surface area contributed by atoms with E-state index in [2.05, 4.69) is 23.2 Å². The topological polar surface area (TPSA) is 53.5 Å². The van der Waals surface area contributed by atoms with E-state index in [4.69, 9.17) is 0 Å². The number of hydrogen-bond donors (Lipinski definition) is 0. The van der Waals surface area contributed by atoms with Gasteiger partial charge in [-0.2, -0.15) is 0 Å². The first-order valence-corrected chi connectivity index (χ1v) is 11.9. The Bertz CT molecular complexity index is 1010. The predicted molar refractivity (Wildman–Crippen MR) is 125 cm³/mol. The first-order chi connectivity index (χ1) is 15.4. The van der Waals surface area contributed by atoms with Gasteiger partial charge in [-0.3, -0.25) is 14.6 Å². The summed E-state index contributed by atoms with van der Waals surface area (Å²) in [6.07, 6.45) is 10.7. The fourth-order valence-corrected chi connectivity index (χ4v) is 6.13. The average molecular weight is 432 g/mol.